The first kappa shape index (κ1) is 11.7. The van der Waals surface area contributed by atoms with E-state index in [2.05, 4.69) is 44.5 Å². The first-order chi connectivity index (χ1) is 9.33. The minimum absolute atomic E-state index is 0.775. The van der Waals surface area contributed by atoms with Gasteiger partial charge in [0.2, 0.25) is 0 Å². The number of aromatic amines is 1. The third kappa shape index (κ3) is 2.57. The van der Waals surface area contributed by atoms with Crippen LogP contribution in [0.25, 0.3) is 11.0 Å². The van der Waals surface area contributed by atoms with E-state index >= 15 is 0 Å². The summed E-state index contributed by atoms with van der Waals surface area (Å²) >= 11 is 0. The van der Waals surface area contributed by atoms with Crippen LogP contribution in [0.4, 0.5) is 5.82 Å². The van der Waals surface area contributed by atoms with E-state index in [1.807, 2.05) is 25.3 Å². The molecular formula is C15H16N4. The Morgan fingerprint density at radius 2 is 1.95 bits per heavy atom. The van der Waals surface area contributed by atoms with Crippen molar-refractivity contribution >= 4 is 16.9 Å². The van der Waals surface area contributed by atoms with Gasteiger partial charge in [-0.15, -0.1) is 0 Å². The van der Waals surface area contributed by atoms with E-state index in [0.29, 0.717) is 0 Å². The standard InChI is InChI=1S/C15H16N4/c1-11-18-14(13-8-10-17-15(13)19-11)16-9-7-12-5-3-2-4-6-12/h2-6,8,10H,7,9H2,1H3,(H2,16,17,18,19). The number of nitrogens with one attached hydrogen (secondary N) is 2. The fourth-order valence-electron chi connectivity index (χ4n) is 2.16. The van der Waals surface area contributed by atoms with Gasteiger partial charge in [0.05, 0.1) is 5.39 Å². The fourth-order valence-corrected chi connectivity index (χ4v) is 2.16. The topological polar surface area (TPSA) is 53.6 Å². The molecule has 0 bridgehead atoms. The van der Waals surface area contributed by atoms with Crippen LogP contribution in [0.1, 0.15) is 11.4 Å². The Balaban J connectivity index is 1.73. The van der Waals surface area contributed by atoms with Crippen molar-refractivity contribution in [3.05, 3.63) is 54.0 Å². The first-order valence-electron chi connectivity index (χ1n) is 6.42. The van der Waals surface area contributed by atoms with Crippen molar-refractivity contribution in [3.63, 3.8) is 0 Å². The van der Waals surface area contributed by atoms with Crippen LogP contribution in [0.3, 0.4) is 0 Å². The molecule has 2 aromatic heterocycles. The summed E-state index contributed by atoms with van der Waals surface area (Å²) in [5.74, 6) is 1.68. The van der Waals surface area contributed by atoms with Crippen LogP contribution < -0.4 is 5.32 Å². The summed E-state index contributed by atoms with van der Waals surface area (Å²) < 4.78 is 0. The van der Waals surface area contributed by atoms with Crippen LogP contribution >= 0.6 is 0 Å². The number of aromatic nitrogens is 3. The molecule has 0 amide bonds. The number of hydrogen-bond acceptors (Lipinski definition) is 3. The van der Waals surface area contributed by atoms with E-state index in [4.69, 9.17) is 0 Å². The molecule has 1 aromatic carbocycles. The smallest absolute Gasteiger partial charge is 0.143 e. The van der Waals surface area contributed by atoms with Crippen molar-refractivity contribution in [3.8, 4) is 0 Å². The van der Waals surface area contributed by atoms with Gasteiger partial charge in [-0.05, 0) is 25.0 Å². The highest BCUT2D eigenvalue weighted by molar-refractivity contribution is 5.86. The SMILES string of the molecule is Cc1nc(NCCc2ccccc2)c2cc[nH]c2n1. The summed E-state index contributed by atoms with van der Waals surface area (Å²) in [5, 5.41) is 4.43. The van der Waals surface area contributed by atoms with Crippen molar-refractivity contribution in [2.75, 3.05) is 11.9 Å². The Morgan fingerprint density at radius 1 is 1.11 bits per heavy atom. The monoisotopic (exact) mass is 252 g/mol. The van der Waals surface area contributed by atoms with E-state index in [1.54, 1.807) is 0 Å². The Morgan fingerprint density at radius 3 is 2.79 bits per heavy atom. The van der Waals surface area contributed by atoms with Gasteiger partial charge in [0.25, 0.3) is 0 Å². The summed E-state index contributed by atoms with van der Waals surface area (Å²) in [5.41, 5.74) is 2.21. The molecule has 4 heteroatoms. The van der Waals surface area contributed by atoms with E-state index in [9.17, 15) is 0 Å². The van der Waals surface area contributed by atoms with Crippen molar-refractivity contribution in [2.24, 2.45) is 0 Å². The molecule has 96 valence electrons. The largest absolute Gasteiger partial charge is 0.369 e. The van der Waals surface area contributed by atoms with Gasteiger partial charge in [0, 0.05) is 12.7 Å². The minimum Gasteiger partial charge on any atom is -0.369 e. The molecule has 0 aliphatic rings. The van der Waals surface area contributed by atoms with Gasteiger partial charge in [0.1, 0.15) is 17.3 Å². The lowest BCUT2D eigenvalue weighted by Gasteiger charge is -2.07. The van der Waals surface area contributed by atoms with E-state index < -0.39 is 0 Å². The summed E-state index contributed by atoms with van der Waals surface area (Å²) in [6, 6.07) is 12.4. The summed E-state index contributed by atoms with van der Waals surface area (Å²) in [6.45, 7) is 2.77. The maximum Gasteiger partial charge on any atom is 0.143 e. The Kier molecular flexibility index (Phi) is 3.14. The lowest BCUT2D eigenvalue weighted by atomic mass is 10.1. The zero-order valence-electron chi connectivity index (χ0n) is 10.9. The highest BCUT2D eigenvalue weighted by Crippen LogP contribution is 2.18. The number of nitrogens with zero attached hydrogens (tertiary/aromatic N) is 2. The molecule has 2 N–H and O–H groups in total. The molecule has 4 nitrogen and oxygen atoms in total. The molecule has 0 unspecified atom stereocenters. The maximum absolute atomic E-state index is 4.46. The van der Waals surface area contributed by atoms with E-state index in [-0.39, 0.29) is 0 Å². The molecule has 0 saturated carbocycles. The van der Waals surface area contributed by atoms with E-state index in [1.165, 1.54) is 5.56 Å². The number of aryl methyl sites for hydroxylation is 1. The Labute approximate surface area is 111 Å². The molecule has 0 aliphatic heterocycles. The van der Waals surface area contributed by atoms with Crippen LogP contribution in [-0.4, -0.2) is 21.5 Å². The van der Waals surface area contributed by atoms with Crippen LogP contribution in [0.5, 0.6) is 0 Å². The number of anilines is 1. The quantitative estimate of drug-likeness (QED) is 0.750. The second kappa shape index (κ2) is 5.10. The highest BCUT2D eigenvalue weighted by Gasteiger charge is 2.05. The van der Waals surface area contributed by atoms with Crippen LogP contribution in [0.2, 0.25) is 0 Å². The summed E-state index contributed by atoms with van der Waals surface area (Å²) in [4.78, 5) is 11.9. The summed E-state index contributed by atoms with van der Waals surface area (Å²) in [7, 11) is 0. The molecule has 0 aliphatic carbocycles. The number of H-pyrrole nitrogens is 1. The predicted molar refractivity (Wildman–Crippen MR) is 77.3 cm³/mol. The molecule has 0 saturated heterocycles. The van der Waals surface area contributed by atoms with Gasteiger partial charge in [-0.25, -0.2) is 9.97 Å². The van der Waals surface area contributed by atoms with Gasteiger partial charge < -0.3 is 10.3 Å². The maximum atomic E-state index is 4.46. The zero-order valence-corrected chi connectivity index (χ0v) is 10.9. The van der Waals surface area contributed by atoms with Gasteiger partial charge in [-0.2, -0.15) is 0 Å². The highest BCUT2D eigenvalue weighted by atomic mass is 15.0. The molecule has 3 rings (SSSR count). The molecule has 0 fully saturated rings. The molecular weight excluding hydrogens is 236 g/mol. The van der Waals surface area contributed by atoms with Crippen molar-refractivity contribution < 1.29 is 0 Å². The molecule has 0 spiro atoms. The average Bonchev–Trinajstić information content (AvgIpc) is 2.88. The van der Waals surface area contributed by atoms with Gasteiger partial charge in [0.15, 0.2) is 0 Å². The number of rotatable bonds is 4. The second-order valence-electron chi connectivity index (χ2n) is 4.52. The van der Waals surface area contributed by atoms with Crippen molar-refractivity contribution in [2.45, 2.75) is 13.3 Å². The van der Waals surface area contributed by atoms with Gasteiger partial charge in [-0.3, -0.25) is 0 Å². The lowest BCUT2D eigenvalue weighted by molar-refractivity contribution is 0.993. The normalized spacial score (nSPS) is 10.8. The number of hydrogen-bond donors (Lipinski definition) is 2. The summed E-state index contributed by atoms with van der Waals surface area (Å²) in [6.07, 6.45) is 2.87. The van der Waals surface area contributed by atoms with Crippen molar-refractivity contribution in [1.29, 1.82) is 0 Å². The second-order valence-corrected chi connectivity index (χ2v) is 4.52. The van der Waals surface area contributed by atoms with Gasteiger partial charge in [-0.1, -0.05) is 30.3 Å². The number of benzene rings is 1. The fraction of sp³-hybridized carbons (Fsp3) is 0.200. The Hall–Kier alpha value is -2.36. The lowest BCUT2D eigenvalue weighted by Crippen LogP contribution is -2.07. The first-order valence-corrected chi connectivity index (χ1v) is 6.42. The Bertz CT molecular complexity index is 673. The van der Waals surface area contributed by atoms with Crippen LogP contribution in [0, 0.1) is 6.92 Å². The van der Waals surface area contributed by atoms with Gasteiger partial charge >= 0.3 is 0 Å². The third-order valence-corrected chi connectivity index (χ3v) is 3.08. The van der Waals surface area contributed by atoms with Crippen molar-refractivity contribution in [1.82, 2.24) is 15.0 Å². The average molecular weight is 252 g/mol. The zero-order chi connectivity index (χ0) is 13.1. The molecule has 0 atom stereocenters. The molecule has 0 radical (unpaired) electrons. The molecule has 3 aromatic rings. The van der Waals surface area contributed by atoms with E-state index in [0.717, 1.165) is 35.6 Å². The van der Waals surface area contributed by atoms with Crippen LogP contribution in [0.15, 0.2) is 42.6 Å². The molecule has 2 heterocycles. The number of fused-ring (bicyclic) bond motifs is 1. The minimum atomic E-state index is 0.775. The van der Waals surface area contributed by atoms with Crippen LogP contribution in [-0.2, 0) is 6.42 Å². The molecule has 19 heavy (non-hydrogen) atoms. The predicted octanol–water partition coefficient (Wildman–Crippen LogP) is 2.92. The third-order valence-electron chi connectivity index (χ3n) is 3.08.